The normalized spacial score (nSPS) is 17.1. The second-order valence-electron chi connectivity index (χ2n) is 5.05. The Morgan fingerprint density at radius 1 is 1.26 bits per heavy atom. The van der Waals surface area contributed by atoms with E-state index in [-0.39, 0.29) is 6.04 Å². The van der Waals surface area contributed by atoms with Gasteiger partial charge in [-0.3, -0.25) is 4.98 Å². The zero-order valence-electron chi connectivity index (χ0n) is 10.9. The Balaban J connectivity index is 1.83. The predicted molar refractivity (Wildman–Crippen MR) is 78.8 cm³/mol. The molecule has 2 aromatic rings. The highest BCUT2D eigenvalue weighted by molar-refractivity contribution is 5.79. The molecule has 1 aromatic heterocycles. The third kappa shape index (κ3) is 2.67. The van der Waals surface area contributed by atoms with Crippen LogP contribution in [-0.4, -0.2) is 17.6 Å². The Labute approximate surface area is 113 Å². The van der Waals surface area contributed by atoms with E-state index in [9.17, 15) is 0 Å². The van der Waals surface area contributed by atoms with Gasteiger partial charge in [-0.05, 0) is 36.6 Å². The number of fused-ring (bicyclic) bond motifs is 1. The minimum atomic E-state index is 0.217. The highest BCUT2D eigenvalue weighted by Crippen LogP contribution is 2.21. The lowest BCUT2D eigenvalue weighted by Crippen LogP contribution is -2.35. The molecule has 0 spiro atoms. The van der Waals surface area contributed by atoms with Crippen molar-refractivity contribution in [3.05, 3.63) is 54.2 Å². The smallest absolute Gasteiger partial charge is 0.0702 e. The molecule has 1 aliphatic rings. The molecular formula is C16H19N3. The topological polar surface area (TPSA) is 50.9 Å². The molecule has 0 bridgehead atoms. The first-order valence-corrected chi connectivity index (χ1v) is 6.82. The quantitative estimate of drug-likeness (QED) is 0.823. The summed E-state index contributed by atoms with van der Waals surface area (Å²) >= 11 is 0. The van der Waals surface area contributed by atoms with E-state index in [2.05, 4.69) is 46.7 Å². The van der Waals surface area contributed by atoms with Crippen molar-refractivity contribution in [3.63, 3.8) is 0 Å². The molecule has 0 fully saturated rings. The van der Waals surface area contributed by atoms with E-state index in [0.29, 0.717) is 12.6 Å². The van der Waals surface area contributed by atoms with Crippen LogP contribution in [0.2, 0.25) is 0 Å². The third-order valence-electron chi connectivity index (χ3n) is 3.71. The van der Waals surface area contributed by atoms with Crippen molar-refractivity contribution < 1.29 is 0 Å². The number of nitrogens with two attached hydrogens (primary N) is 1. The SMILES string of the molecule is NCC(NC1CC=CC1)c1ccc2ncccc2c1. The lowest BCUT2D eigenvalue weighted by Gasteiger charge is -2.22. The van der Waals surface area contributed by atoms with Gasteiger partial charge in [0.05, 0.1) is 5.52 Å². The van der Waals surface area contributed by atoms with E-state index in [1.165, 1.54) is 10.9 Å². The van der Waals surface area contributed by atoms with Crippen LogP contribution in [0.15, 0.2) is 48.7 Å². The van der Waals surface area contributed by atoms with Crippen molar-refractivity contribution in [1.29, 1.82) is 0 Å². The van der Waals surface area contributed by atoms with Gasteiger partial charge in [0.2, 0.25) is 0 Å². The van der Waals surface area contributed by atoms with E-state index in [1.807, 2.05) is 12.3 Å². The average Bonchev–Trinajstić information content (AvgIpc) is 2.97. The first kappa shape index (κ1) is 12.3. The Kier molecular flexibility index (Phi) is 3.58. The second-order valence-corrected chi connectivity index (χ2v) is 5.05. The molecule has 3 rings (SSSR count). The van der Waals surface area contributed by atoms with Gasteiger partial charge >= 0.3 is 0 Å². The summed E-state index contributed by atoms with van der Waals surface area (Å²) < 4.78 is 0. The number of nitrogens with one attached hydrogen (secondary N) is 1. The van der Waals surface area contributed by atoms with Crippen LogP contribution in [-0.2, 0) is 0 Å². The molecule has 3 N–H and O–H groups in total. The van der Waals surface area contributed by atoms with Crippen molar-refractivity contribution in [1.82, 2.24) is 10.3 Å². The lowest BCUT2D eigenvalue weighted by atomic mass is 10.0. The molecule has 0 saturated carbocycles. The molecule has 1 aromatic carbocycles. The minimum Gasteiger partial charge on any atom is -0.329 e. The number of benzene rings is 1. The minimum absolute atomic E-state index is 0.217. The number of aromatic nitrogens is 1. The fourth-order valence-electron chi connectivity index (χ4n) is 2.65. The van der Waals surface area contributed by atoms with Crippen molar-refractivity contribution in [2.24, 2.45) is 5.73 Å². The molecule has 1 atom stereocenters. The maximum Gasteiger partial charge on any atom is 0.0702 e. The molecule has 3 nitrogen and oxygen atoms in total. The van der Waals surface area contributed by atoms with E-state index >= 15 is 0 Å². The van der Waals surface area contributed by atoms with E-state index in [1.54, 1.807) is 0 Å². The molecule has 98 valence electrons. The summed E-state index contributed by atoms with van der Waals surface area (Å²) in [5.74, 6) is 0. The zero-order chi connectivity index (χ0) is 13.1. The third-order valence-corrected chi connectivity index (χ3v) is 3.71. The Hall–Kier alpha value is -1.71. The molecule has 3 heteroatoms. The Morgan fingerprint density at radius 2 is 2.11 bits per heavy atom. The first-order chi connectivity index (χ1) is 9.36. The van der Waals surface area contributed by atoms with Crippen LogP contribution in [0.25, 0.3) is 10.9 Å². The van der Waals surface area contributed by atoms with Crippen LogP contribution in [0.4, 0.5) is 0 Å². The van der Waals surface area contributed by atoms with Gasteiger partial charge in [0.1, 0.15) is 0 Å². The summed E-state index contributed by atoms with van der Waals surface area (Å²) in [7, 11) is 0. The van der Waals surface area contributed by atoms with Gasteiger partial charge in [-0.1, -0.05) is 24.3 Å². The number of pyridine rings is 1. The monoisotopic (exact) mass is 253 g/mol. The van der Waals surface area contributed by atoms with Crippen LogP contribution >= 0.6 is 0 Å². The second kappa shape index (κ2) is 5.51. The van der Waals surface area contributed by atoms with Gasteiger partial charge in [-0.2, -0.15) is 0 Å². The Morgan fingerprint density at radius 3 is 2.89 bits per heavy atom. The Bertz CT molecular complexity index is 583. The highest BCUT2D eigenvalue weighted by atomic mass is 15.0. The van der Waals surface area contributed by atoms with Crippen molar-refractivity contribution in [2.45, 2.75) is 24.9 Å². The van der Waals surface area contributed by atoms with E-state index in [4.69, 9.17) is 5.73 Å². The summed E-state index contributed by atoms with van der Waals surface area (Å²) in [4.78, 5) is 4.35. The molecule has 0 amide bonds. The van der Waals surface area contributed by atoms with Crippen molar-refractivity contribution in [3.8, 4) is 0 Å². The van der Waals surface area contributed by atoms with Crippen LogP contribution in [0, 0.1) is 0 Å². The molecular weight excluding hydrogens is 234 g/mol. The number of nitrogens with zero attached hydrogens (tertiary/aromatic N) is 1. The average molecular weight is 253 g/mol. The van der Waals surface area contributed by atoms with Crippen molar-refractivity contribution >= 4 is 10.9 Å². The number of rotatable bonds is 4. The summed E-state index contributed by atoms with van der Waals surface area (Å²) in [5.41, 5.74) is 8.21. The standard InChI is InChI=1S/C16H19N3/c17-11-16(19-14-5-1-2-6-14)13-7-8-15-12(10-13)4-3-9-18-15/h1-4,7-10,14,16,19H,5-6,11,17H2. The largest absolute Gasteiger partial charge is 0.329 e. The number of hydrogen-bond donors (Lipinski definition) is 2. The van der Waals surface area contributed by atoms with Crippen LogP contribution in [0.5, 0.6) is 0 Å². The van der Waals surface area contributed by atoms with E-state index < -0.39 is 0 Å². The fraction of sp³-hybridized carbons (Fsp3) is 0.312. The van der Waals surface area contributed by atoms with Crippen LogP contribution in [0.3, 0.4) is 0 Å². The number of hydrogen-bond acceptors (Lipinski definition) is 3. The van der Waals surface area contributed by atoms with Gasteiger partial charge in [-0.15, -0.1) is 0 Å². The molecule has 1 aliphatic carbocycles. The van der Waals surface area contributed by atoms with Crippen LogP contribution < -0.4 is 11.1 Å². The van der Waals surface area contributed by atoms with Gasteiger partial charge in [0.15, 0.2) is 0 Å². The molecule has 1 unspecified atom stereocenters. The molecule has 19 heavy (non-hydrogen) atoms. The van der Waals surface area contributed by atoms with Gasteiger partial charge in [-0.25, -0.2) is 0 Å². The maximum absolute atomic E-state index is 5.93. The van der Waals surface area contributed by atoms with Gasteiger partial charge < -0.3 is 11.1 Å². The molecule has 0 aliphatic heterocycles. The first-order valence-electron chi connectivity index (χ1n) is 6.82. The van der Waals surface area contributed by atoms with E-state index in [0.717, 1.165) is 18.4 Å². The van der Waals surface area contributed by atoms with Gasteiger partial charge in [0, 0.05) is 30.2 Å². The lowest BCUT2D eigenvalue weighted by molar-refractivity contribution is 0.453. The van der Waals surface area contributed by atoms with Crippen LogP contribution in [0.1, 0.15) is 24.4 Å². The predicted octanol–water partition coefficient (Wildman–Crippen LogP) is 2.54. The molecule has 0 saturated heterocycles. The summed E-state index contributed by atoms with van der Waals surface area (Å²) in [6.45, 7) is 0.613. The molecule has 1 heterocycles. The summed E-state index contributed by atoms with van der Waals surface area (Å²) in [6, 6.07) is 11.2. The summed E-state index contributed by atoms with van der Waals surface area (Å²) in [5, 5.41) is 4.81. The zero-order valence-corrected chi connectivity index (χ0v) is 10.9. The van der Waals surface area contributed by atoms with Gasteiger partial charge in [0.25, 0.3) is 0 Å². The van der Waals surface area contributed by atoms with Crippen molar-refractivity contribution in [2.75, 3.05) is 6.54 Å². The maximum atomic E-state index is 5.93. The molecule has 0 radical (unpaired) electrons. The highest BCUT2D eigenvalue weighted by Gasteiger charge is 2.16. The summed E-state index contributed by atoms with van der Waals surface area (Å²) in [6.07, 6.45) is 8.49. The fourth-order valence-corrected chi connectivity index (χ4v) is 2.65.